The molecule has 1 spiro atoms. The summed E-state index contributed by atoms with van der Waals surface area (Å²) < 4.78 is 0. The van der Waals surface area contributed by atoms with Crippen LogP contribution in [0.25, 0.3) is 0 Å². The highest BCUT2D eigenvalue weighted by molar-refractivity contribution is 5.47. The van der Waals surface area contributed by atoms with Crippen LogP contribution in [0.3, 0.4) is 0 Å². The highest BCUT2D eigenvalue weighted by atomic mass is 14.5. The summed E-state index contributed by atoms with van der Waals surface area (Å²) in [5.41, 5.74) is 5.60. The fraction of sp³-hybridized carbons (Fsp3) is 0.556. The molecule has 0 radical (unpaired) electrons. The summed E-state index contributed by atoms with van der Waals surface area (Å²) in [6, 6.07) is 7.05. The van der Waals surface area contributed by atoms with Crippen LogP contribution in [0.1, 0.15) is 49.3 Å². The third kappa shape index (κ3) is 1.27. The Balaban J connectivity index is 1.92. The third-order valence-corrected chi connectivity index (χ3v) is 5.69. The number of allylic oxidation sites excluding steroid dienone is 2. The molecule has 0 saturated heterocycles. The van der Waals surface area contributed by atoms with Crippen molar-refractivity contribution < 1.29 is 0 Å². The first-order chi connectivity index (χ1) is 8.83. The molecule has 0 heterocycles. The maximum absolute atomic E-state index is 2.54. The van der Waals surface area contributed by atoms with E-state index in [4.69, 9.17) is 0 Å². The maximum Gasteiger partial charge on any atom is 0.00271 e. The highest BCUT2D eigenvalue weighted by Crippen LogP contribution is 2.58. The number of benzene rings is 1. The third-order valence-electron chi connectivity index (χ3n) is 5.69. The molecule has 3 aliphatic carbocycles. The fourth-order valence-corrected chi connectivity index (χ4v) is 5.04. The molecule has 1 fully saturated rings. The van der Waals surface area contributed by atoms with Gasteiger partial charge >= 0.3 is 0 Å². The molecule has 0 N–H and O–H groups in total. The lowest BCUT2D eigenvalue weighted by Gasteiger charge is -2.42. The lowest BCUT2D eigenvalue weighted by Crippen LogP contribution is -2.36. The average Bonchev–Trinajstić information content (AvgIpc) is 2.99. The Bertz CT molecular complexity index is 497. The molecule has 1 saturated carbocycles. The van der Waals surface area contributed by atoms with Crippen molar-refractivity contribution in [2.45, 2.75) is 50.9 Å². The van der Waals surface area contributed by atoms with E-state index in [2.05, 4.69) is 37.3 Å². The summed E-state index contributed by atoms with van der Waals surface area (Å²) in [5, 5.41) is 0. The molecular weight excluding hydrogens is 216 g/mol. The molecule has 3 aliphatic rings. The van der Waals surface area contributed by atoms with Gasteiger partial charge in [-0.1, -0.05) is 37.3 Å². The van der Waals surface area contributed by atoms with Gasteiger partial charge in [0.25, 0.3) is 0 Å². The Morgan fingerprint density at radius 2 is 2.22 bits per heavy atom. The molecule has 1 aromatic carbocycles. The molecule has 3 unspecified atom stereocenters. The van der Waals surface area contributed by atoms with Crippen LogP contribution in [0.4, 0.5) is 0 Å². The SMILES string of the molecule is CCc1cccc2c1C1(CCC2)CC2C=CC1C2. The number of fused-ring (bicyclic) bond motifs is 5. The van der Waals surface area contributed by atoms with Gasteiger partial charge in [-0.05, 0) is 67.1 Å². The number of hydrogen-bond acceptors (Lipinski definition) is 0. The van der Waals surface area contributed by atoms with Crippen LogP contribution in [0.15, 0.2) is 30.4 Å². The molecule has 0 amide bonds. The van der Waals surface area contributed by atoms with Crippen molar-refractivity contribution >= 4 is 0 Å². The van der Waals surface area contributed by atoms with E-state index in [0.29, 0.717) is 5.41 Å². The number of rotatable bonds is 1. The molecule has 0 aliphatic heterocycles. The van der Waals surface area contributed by atoms with Crippen molar-refractivity contribution in [3.8, 4) is 0 Å². The molecule has 3 atom stereocenters. The van der Waals surface area contributed by atoms with Crippen molar-refractivity contribution in [2.24, 2.45) is 11.8 Å². The zero-order chi connectivity index (χ0) is 12.2. The van der Waals surface area contributed by atoms with Gasteiger partial charge in [0, 0.05) is 5.41 Å². The summed E-state index contributed by atoms with van der Waals surface area (Å²) in [6.45, 7) is 2.32. The van der Waals surface area contributed by atoms with E-state index in [0.717, 1.165) is 11.8 Å². The normalized spacial score (nSPS) is 36.3. The van der Waals surface area contributed by atoms with Crippen LogP contribution in [0, 0.1) is 11.8 Å². The van der Waals surface area contributed by atoms with Crippen LogP contribution in [-0.2, 0) is 18.3 Å². The van der Waals surface area contributed by atoms with Crippen molar-refractivity contribution in [1.29, 1.82) is 0 Å². The maximum atomic E-state index is 2.54. The van der Waals surface area contributed by atoms with Crippen LogP contribution < -0.4 is 0 Å². The first-order valence-electron chi connectivity index (χ1n) is 7.63. The van der Waals surface area contributed by atoms with Gasteiger partial charge in [0.2, 0.25) is 0 Å². The molecule has 18 heavy (non-hydrogen) atoms. The van der Waals surface area contributed by atoms with Gasteiger partial charge in [-0.3, -0.25) is 0 Å². The largest absolute Gasteiger partial charge is 0.0851 e. The Morgan fingerprint density at radius 1 is 1.28 bits per heavy atom. The van der Waals surface area contributed by atoms with Crippen LogP contribution in [0.2, 0.25) is 0 Å². The van der Waals surface area contributed by atoms with E-state index >= 15 is 0 Å². The van der Waals surface area contributed by atoms with Crippen molar-refractivity contribution in [1.82, 2.24) is 0 Å². The molecule has 0 aromatic heterocycles. The van der Waals surface area contributed by atoms with Gasteiger partial charge in [0.15, 0.2) is 0 Å². The van der Waals surface area contributed by atoms with Gasteiger partial charge in [-0.15, -0.1) is 0 Å². The Morgan fingerprint density at radius 3 is 2.94 bits per heavy atom. The Labute approximate surface area is 110 Å². The fourth-order valence-electron chi connectivity index (χ4n) is 5.04. The summed E-state index contributed by atoms with van der Waals surface area (Å²) in [6.07, 6.45) is 13.2. The lowest BCUT2D eigenvalue weighted by atomic mass is 9.61. The average molecular weight is 238 g/mol. The zero-order valence-corrected chi connectivity index (χ0v) is 11.3. The topological polar surface area (TPSA) is 0 Å². The van der Waals surface area contributed by atoms with E-state index in [1.165, 1.54) is 38.5 Å². The van der Waals surface area contributed by atoms with E-state index in [9.17, 15) is 0 Å². The monoisotopic (exact) mass is 238 g/mol. The first kappa shape index (κ1) is 10.8. The van der Waals surface area contributed by atoms with Gasteiger partial charge in [0.1, 0.15) is 0 Å². The first-order valence-corrected chi connectivity index (χ1v) is 7.63. The summed E-state index contributed by atoms with van der Waals surface area (Å²) in [7, 11) is 0. The van der Waals surface area contributed by atoms with Crippen LogP contribution in [-0.4, -0.2) is 0 Å². The minimum atomic E-state index is 0.527. The summed E-state index contributed by atoms with van der Waals surface area (Å²) in [5.74, 6) is 1.72. The molecule has 94 valence electrons. The number of hydrogen-bond donors (Lipinski definition) is 0. The Hall–Kier alpha value is -1.04. The second-order valence-electron chi connectivity index (χ2n) is 6.51. The molecule has 4 rings (SSSR count). The molecule has 0 heteroatoms. The van der Waals surface area contributed by atoms with E-state index in [-0.39, 0.29) is 0 Å². The minimum absolute atomic E-state index is 0.527. The molecule has 1 aromatic rings. The van der Waals surface area contributed by atoms with Crippen molar-refractivity contribution in [2.75, 3.05) is 0 Å². The predicted octanol–water partition coefficient (Wildman–Crippen LogP) is 4.42. The van der Waals surface area contributed by atoms with Gasteiger partial charge in [0.05, 0.1) is 0 Å². The van der Waals surface area contributed by atoms with Gasteiger partial charge < -0.3 is 0 Å². The summed E-state index contributed by atoms with van der Waals surface area (Å²) >= 11 is 0. The Kier molecular flexibility index (Phi) is 2.24. The van der Waals surface area contributed by atoms with Crippen LogP contribution in [0.5, 0.6) is 0 Å². The van der Waals surface area contributed by atoms with Crippen molar-refractivity contribution in [3.05, 3.63) is 47.0 Å². The molecule has 2 bridgehead atoms. The predicted molar refractivity (Wildman–Crippen MR) is 75.8 cm³/mol. The van der Waals surface area contributed by atoms with E-state index < -0.39 is 0 Å². The highest BCUT2D eigenvalue weighted by Gasteiger charge is 2.51. The standard InChI is InChI=1S/C18H22/c1-2-14-5-3-6-15-7-4-10-18(17(14)15)12-13-8-9-16(18)11-13/h3,5-6,8-9,13,16H,2,4,7,10-12H2,1H3. The summed E-state index contributed by atoms with van der Waals surface area (Å²) in [4.78, 5) is 0. The smallest absolute Gasteiger partial charge is 0.00271 e. The minimum Gasteiger partial charge on any atom is -0.0851 e. The quantitative estimate of drug-likeness (QED) is 0.635. The van der Waals surface area contributed by atoms with Crippen molar-refractivity contribution in [3.63, 3.8) is 0 Å². The number of aryl methyl sites for hydroxylation is 2. The second kappa shape index (κ2) is 3.73. The van der Waals surface area contributed by atoms with E-state index in [1.807, 2.05) is 0 Å². The van der Waals surface area contributed by atoms with Gasteiger partial charge in [-0.2, -0.15) is 0 Å². The van der Waals surface area contributed by atoms with E-state index in [1.54, 1.807) is 16.7 Å². The lowest BCUT2D eigenvalue weighted by molar-refractivity contribution is 0.301. The zero-order valence-electron chi connectivity index (χ0n) is 11.3. The van der Waals surface area contributed by atoms with Gasteiger partial charge in [-0.25, -0.2) is 0 Å². The second-order valence-corrected chi connectivity index (χ2v) is 6.51. The molecule has 0 nitrogen and oxygen atoms in total. The van der Waals surface area contributed by atoms with Crippen LogP contribution >= 0.6 is 0 Å². The molecular formula is C18H22.